The lowest BCUT2D eigenvalue weighted by atomic mass is 9.97. The van der Waals surface area contributed by atoms with Crippen molar-refractivity contribution in [2.24, 2.45) is 5.92 Å². The monoisotopic (exact) mass is 434 g/mol. The Bertz CT molecular complexity index is 890. The molecule has 1 aromatic heterocycles. The summed E-state index contributed by atoms with van der Waals surface area (Å²) in [4.78, 5) is 27.5. The van der Waals surface area contributed by atoms with Gasteiger partial charge in [-0.15, -0.1) is 0 Å². The van der Waals surface area contributed by atoms with Crippen LogP contribution in [-0.4, -0.2) is 40.4 Å². The van der Waals surface area contributed by atoms with Gasteiger partial charge in [0.15, 0.2) is 5.82 Å². The largest absolute Gasteiger partial charge is 0.356 e. The van der Waals surface area contributed by atoms with E-state index in [4.69, 9.17) is 9.97 Å². The summed E-state index contributed by atoms with van der Waals surface area (Å²) < 4.78 is 0. The summed E-state index contributed by atoms with van der Waals surface area (Å²) in [6, 6.07) is 10.3. The van der Waals surface area contributed by atoms with Crippen LogP contribution in [0.3, 0.4) is 0 Å². The lowest BCUT2D eigenvalue weighted by molar-refractivity contribution is -0.132. The van der Waals surface area contributed by atoms with Crippen molar-refractivity contribution in [1.82, 2.24) is 14.9 Å². The highest BCUT2D eigenvalue weighted by Gasteiger charge is 2.29. The van der Waals surface area contributed by atoms with Gasteiger partial charge in [-0.1, -0.05) is 69.9 Å². The zero-order valence-corrected chi connectivity index (χ0v) is 19.9. The van der Waals surface area contributed by atoms with Crippen molar-refractivity contribution in [1.29, 1.82) is 0 Å². The topological polar surface area (TPSA) is 49.3 Å². The van der Waals surface area contributed by atoms with Crippen molar-refractivity contribution in [3.63, 3.8) is 0 Å². The molecule has 0 unspecified atom stereocenters. The zero-order valence-electron chi connectivity index (χ0n) is 19.9. The molecule has 5 heteroatoms. The highest BCUT2D eigenvalue weighted by atomic mass is 16.2. The van der Waals surface area contributed by atoms with E-state index in [9.17, 15) is 4.79 Å². The minimum atomic E-state index is 0.289. The van der Waals surface area contributed by atoms with Gasteiger partial charge >= 0.3 is 0 Å². The van der Waals surface area contributed by atoms with Gasteiger partial charge in [-0.3, -0.25) is 4.79 Å². The molecular formula is C27H38N4O. The van der Waals surface area contributed by atoms with Crippen LogP contribution >= 0.6 is 0 Å². The van der Waals surface area contributed by atoms with Gasteiger partial charge in [-0.2, -0.15) is 0 Å². The van der Waals surface area contributed by atoms with Crippen LogP contribution in [0.5, 0.6) is 0 Å². The first-order valence-electron chi connectivity index (χ1n) is 12.6. The van der Waals surface area contributed by atoms with Gasteiger partial charge in [-0.25, -0.2) is 9.97 Å². The van der Waals surface area contributed by atoms with Crippen LogP contribution in [0.2, 0.25) is 0 Å². The molecule has 5 nitrogen and oxygen atoms in total. The van der Waals surface area contributed by atoms with E-state index in [1.807, 2.05) is 23.1 Å². The van der Waals surface area contributed by atoms with Gasteiger partial charge in [0.1, 0.15) is 5.82 Å². The predicted molar refractivity (Wildman–Crippen MR) is 131 cm³/mol. The maximum absolute atomic E-state index is 12.9. The number of rotatable bonds is 8. The van der Waals surface area contributed by atoms with E-state index in [0.29, 0.717) is 13.0 Å². The minimum absolute atomic E-state index is 0.289. The molecule has 0 N–H and O–H groups in total. The molecule has 1 saturated heterocycles. The van der Waals surface area contributed by atoms with Gasteiger partial charge in [0.05, 0.1) is 12.2 Å². The Labute approximate surface area is 193 Å². The third-order valence-corrected chi connectivity index (χ3v) is 7.00. The summed E-state index contributed by atoms with van der Waals surface area (Å²) in [5.41, 5.74) is 3.36. The second-order valence-corrected chi connectivity index (χ2v) is 9.56. The minimum Gasteiger partial charge on any atom is -0.356 e. The maximum atomic E-state index is 12.9. The predicted octanol–water partition coefficient (Wildman–Crippen LogP) is 5.63. The van der Waals surface area contributed by atoms with Crippen molar-refractivity contribution in [2.75, 3.05) is 24.5 Å². The van der Waals surface area contributed by atoms with Crippen molar-refractivity contribution in [3.05, 3.63) is 41.6 Å². The van der Waals surface area contributed by atoms with E-state index in [0.717, 1.165) is 67.7 Å². The molecule has 1 aromatic carbocycles. The summed E-state index contributed by atoms with van der Waals surface area (Å²) in [7, 11) is 0. The molecule has 4 rings (SSSR count). The van der Waals surface area contributed by atoms with Crippen LogP contribution in [0.15, 0.2) is 30.3 Å². The van der Waals surface area contributed by atoms with Crippen LogP contribution in [-0.2, 0) is 17.8 Å². The number of anilines is 1. The Hall–Kier alpha value is -2.43. The normalized spacial score (nSPS) is 16.8. The summed E-state index contributed by atoms with van der Waals surface area (Å²) in [5.74, 6) is 2.93. The van der Waals surface area contributed by atoms with Crippen molar-refractivity contribution in [2.45, 2.75) is 78.2 Å². The molecule has 2 aliphatic rings. The van der Waals surface area contributed by atoms with E-state index in [2.05, 4.69) is 30.9 Å². The summed E-state index contributed by atoms with van der Waals surface area (Å²) in [6.45, 7) is 8.04. The van der Waals surface area contributed by atoms with Crippen LogP contribution < -0.4 is 4.90 Å². The van der Waals surface area contributed by atoms with Crippen LogP contribution in [0.4, 0.5) is 5.82 Å². The molecule has 0 spiro atoms. The first-order chi connectivity index (χ1) is 15.7. The summed E-state index contributed by atoms with van der Waals surface area (Å²) in [6.07, 6.45) is 9.77. The van der Waals surface area contributed by atoms with Crippen molar-refractivity contribution >= 4 is 11.7 Å². The number of piperidine rings is 1. The molecule has 1 fully saturated rings. The third kappa shape index (κ3) is 5.48. The van der Waals surface area contributed by atoms with E-state index < -0.39 is 0 Å². The number of carbonyl (C=O) groups excluding carboxylic acids is 1. The van der Waals surface area contributed by atoms with Crippen LogP contribution in [0.25, 0.3) is 11.4 Å². The fraction of sp³-hybridized carbons (Fsp3) is 0.593. The maximum Gasteiger partial charge on any atom is 0.222 e. The highest BCUT2D eigenvalue weighted by Crippen LogP contribution is 2.32. The number of nitrogens with zero attached hydrogens (tertiary/aromatic N) is 4. The lowest BCUT2D eigenvalue weighted by Gasteiger charge is -2.36. The van der Waals surface area contributed by atoms with Gasteiger partial charge in [0.25, 0.3) is 0 Å². The van der Waals surface area contributed by atoms with E-state index >= 15 is 0 Å². The van der Waals surface area contributed by atoms with E-state index in [1.54, 1.807) is 0 Å². The van der Waals surface area contributed by atoms with E-state index in [1.165, 1.54) is 37.7 Å². The molecule has 172 valence electrons. The first kappa shape index (κ1) is 22.8. The second-order valence-electron chi connectivity index (χ2n) is 9.56. The van der Waals surface area contributed by atoms with Gasteiger partial charge < -0.3 is 9.80 Å². The van der Waals surface area contributed by atoms with E-state index in [-0.39, 0.29) is 5.91 Å². The molecule has 1 amide bonds. The number of aromatic nitrogens is 2. The van der Waals surface area contributed by atoms with Crippen molar-refractivity contribution in [3.8, 4) is 11.4 Å². The molecule has 0 atom stereocenters. The number of carbonyl (C=O) groups is 1. The standard InChI is InChI=1S/C27H38N4O/c1-3-4-5-6-10-13-25(32)31-19-16-24-23(20-31)27(30-17-14-21(2)15-18-30)29-26(28-24)22-11-8-7-9-12-22/h7-9,11-12,21H,3-6,10,13-20H2,1-2H3. The SMILES string of the molecule is CCCCCCCC(=O)N1CCc2nc(-c3ccccc3)nc(N3CCC(C)CC3)c2C1. The van der Waals surface area contributed by atoms with Crippen molar-refractivity contribution < 1.29 is 4.79 Å². The van der Waals surface area contributed by atoms with Crippen LogP contribution in [0, 0.1) is 5.92 Å². The number of hydrogen-bond donors (Lipinski definition) is 0. The Balaban J connectivity index is 1.55. The third-order valence-electron chi connectivity index (χ3n) is 7.00. The fourth-order valence-electron chi connectivity index (χ4n) is 4.85. The molecule has 2 aromatic rings. The average molecular weight is 435 g/mol. The smallest absolute Gasteiger partial charge is 0.222 e. The number of fused-ring (bicyclic) bond motifs is 1. The molecule has 3 heterocycles. The molecule has 0 bridgehead atoms. The number of hydrogen-bond acceptors (Lipinski definition) is 4. The highest BCUT2D eigenvalue weighted by molar-refractivity contribution is 5.77. The average Bonchev–Trinajstić information content (AvgIpc) is 2.84. The van der Waals surface area contributed by atoms with Gasteiger partial charge in [-0.05, 0) is 25.2 Å². The Morgan fingerprint density at radius 3 is 2.50 bits per heavy atom. The summed E-state index contributed by atoms with van der Waals surface area (Å²) >= 11 is 0. The molecule has 0 saturated carbocycles. The zero-order chi connectivity index (χ0) is 22.3. The second kappa shape index (κ2) is 10.9. The molecule has 0 radical (unpaired) electrons. The Morgan fingerprint density at radius 1 is 1.00 bits per heavy atom. The molecule has 2 aliphatic heterocycles. The van der Waals surface area contributed by atoms with Gasteiger partial charge in [0.2, 0.25) is 5.91 Å². The molecular weight excluding hydrogens is 396 g/mol. The number of unbranched alkanes of at least 4 members (excludes halogenated alkanes) is 4. The molecule has 32 heavy (non-hydrogen) atoms. The van der Waals surface area contributed by atoms with Gasteiger partial charge in [0, 0.05) is 43.6 Å². The molecule has 0 aliphatic carbocycles. The fourth-order valence-corrected chi connectivity index (χ4v) is 4.85. The first-order valence-corrected chi connectivity index (χ1v) is 12.6. The Kier molecular flexibility index (Phi) is 7.77. The lowest BCUT2D eigenvalue weighted by Crippen LogP contribution is -2.39. The summed E-state index contributed by atoms with van der Waals surface area (Å²) in [5, 5.41) is 0. The van der Waals surface area contributed by atoms with Crippen LogP contribution in [0.1, 0.15) is 76.5 Å². The number of amides is 1. The number of benzene rings is 1. The quantitative estimate of drug-likeness (QED) is 0.506. The Morgan fingerprint density at radius 2 is 1.75 bits per heavy atom.